The van der Waals surface area contributed by atoms with Crippen molar-refractivity contribution in [2.75, 3.05) is 36.5 Å². The molecule has 1 amide bonds. The topological polar surface area (TPSA) is 146 Å². The lowest BCUT2D eigenvalue weighted by Gasteiger charge is -2.35. The van der Waals surface area contributed by atoms with E-state index in [0.717, 1.165) is 32.1 Å². The number of aromatic amines is 1. The number of benzene rings is 3. The molecular weight excluding hydrogens is 615 g/mol. The van der Waals surface area contributed by atoms with Crippen LogP contribution in [0.3, 0.4) is 0 Å². The summed E-state index contributed by atoms with van der Waals surface area (Å²) >= 11 is 0. The first kappa shape index (κ1) is 32.6. The molecule has 1 aromatic heterocycles. The monoisotopic (exact) mass is 654 g/mol. The number of H-pyrrole nitrogens is 1. The number of rotatable bonds is 11. The molecule has 2 aliphatic rings. The Labute approximate surface area is 277 Å². The van der Waals surface area contributed by atoms with Crippen molar-refractivity contribution < 1.29 is 28.2 Å². The Morgan fingerprint density at radius 3 is 2.52 bits per heavy atom. The predicted octanol–water partition coefficient (Wildman–Crippen LogP) is 6.73. The van der Waals surface area contributed by atoms with E-state index in [9.17, 15) is 14.0 Å². The van der Waals surface area contributed by atoms with Gasteiger partial charge in [-0.3, -0.25) is 9.69 Å². The summed E-state index contributed by atoms with van der Waals surface area (Å²) in [6.45, 7) is 8.68. The lowest BCUT2D eigenvalue weighted by molar-refractivity contribution is 0.0846. The molecule has 0 aliphatic carbocycles. The van der Waals surface area contributed by atoms with Crippen molar-refractivity contribution in [2.45, 2.75) is 45.8 Å². The Balaban J connectivity index is 1.24. The molecule has 3 heterocycles. The second-order valence-corrected chi connectivity index (χ2v) is 12.2. The zero-order chi connectivity index (χ0) is 33.9. The number of aryl methyl sites for hydroxylation is 1. The molecule has 0 radical (unpaired) electrons. The third-order valence-corrected chi connectivity index (χ3v) is 8.69. The Bertz CT molecular complexity index is 1890. The van der Waals surface area contributed by atoms with Gasteiger partial charge in [-0.25, -0.2) is 9.18 Å². The number of anilines is 2. The number of halogens is 1. The van der Waals surface area contributed by atoms with Crippen molar-refractivity contribution in [3.05, 3.63) is 89.1 Å². The van der Waals surface area contributed by atoms with Crippen LogP contribution in [0.25, 0.3) is 10.9 Å². The van der Waals surface area contributed by atoms with Gasteiger partial charge in [-0.05, 0) is 87.7 Å². The second-order valence-electron chi connectivity index (χ2n) is 12.2. The molecule has 2 saturated heterocycles. The van der Waals surface area contributed by atoms with E-state index in [1.807, 2.05) is 6.07 Å². The predicted molar refractivity (Wildman–Crippen MR) is 183 cm³/mol. The first-order valence-electron chi connectivity index (χ1n) is 16.0. The number of amides is 1. The van der Waals surface area contributed by atoms with Crippen LogP contribution in [0, 0.1) is 18.2 Å². The summed E-state index contributed by atoms with van der Waals surface area (Å²) in [4.78, 5) is 33.4. The number of nitrogens with two attached hydrogens (primary N) is 1. The number of nitrogens with zero attached hydrogens (tertiary/aromatic N) is 2. The molecule has 11 nitrogen and oxygen atoms in total. The van der Waals surface area contributed by atoms with E-state index in [2.05, 4.69) is 29.0 Å². The number of likely N-dealkylation sites (tertiary alicyclic amines) is 1. The van der Waals surface area contributed by atoms with E-state index >= 15 is 0 Å². The number of fused-ring (bicyclic) bond motifs is 1. The molecule has 2 aliphatic heterocycles. The number of carbonyl (C=O) groups is 2. The number of cyclic esters (lactones) is 1. The lowest BCUT2D eigenvalue weighted by atomic mass is 10.1. The average molecular weight is 655 g/mol. The summed E-state index contributed by atoms with van der Waals surface area (Å²) in [7, 11) is 0. The van der Waals surface area contributed by atoms with Crippen LogP contribution >= 0.6 is 0 Å². The fourth-order valence-electron chi connectivity index (χ4n) is 6.00. The summed E-state index contributed by atoms with van der Waals surface area (Å²) in [5.41, 5.74) is 8.93. The van der Waals surface area contributed by atoms with Crippen molar-refractivity contribution in [3.8, 4) is 17.2 Å². The van der Waals surface area contributed by atoms with Crippen molar-refractivity contribution in [3.63, 3.8) is 0 Å². The summed E-state index contributed by atoms with van der Waals surface area (Å²) < 4.78 is 31.5. The van der Waals surface area contributed by atoms with Crippen LogP contribution in [-0.4, -0.2) is 66.4 Å². The number of hydrogen-bond acceptors (Lipinski definition) is 9. The molecule has 0 unspecified atom stereocenters. The minimum atomic E-state index is -0.493. The number of aromatic nitrogens is 1. The van der Waals surface area contributed by atoms with E-state index in [4.69, 9.17) is 25.4 Å². The fourth-order valence-corrected chi connectivity index (χ4v) is 6.00. The maximum absolute atomic E-state index is 14.1. The lowest BCUT2D eigenvalue weighted by Crippen LogP contribution is -2.41. The Hall–Kier alpha value is -5.36. The van der Waals surface area contributed by atoms with Gasteiger partial charge in [-0.1, -0.05) is 12.1 Å². The van der Waals surface area contributed by atoms with E-state index in [1.54, 1.807) is 60.4 Å². The molecule has 6 rings (SSSR count). The third-order valence-electron chi connectivity index (χ3n) is 8.69. The summed E-state index contributed by atoms with van der Waals surface area (Å²) in [5.74, 6) is 0.123. The molecule has 3 aromatic carbocycles. The van der Waals surface area contributed by atoms with Crippen molar-refractivity contribution >= 4 is 40.4 Å². The van der Waals surface area contributed by atoms with Gasteiger partial charge in [0.15, 0.2) is 11.6 Å². The minimum Gasteiger partial charge on any atom is -0.488 e. The Morgan fingerprint density at radius 2 is 1.85 bits per heavy atom. The van der Waals surface area contributed by atoms with Gasteiger partial charge in [0.2, 0.25) is 5.78 Å². The van der Waals surface area contributed by atoms with Crippen LogP contribution < -0.4 is 25.4 Å². The number of piperidine rings is 1. The molecular formula is C36H39FN6O5. The van der Waals surface area contributed by atoms with Crippen LogP contribution in [0.1, 0.15) is 42.7 Å². The van der Waals surface area contributed by atoms with Crippen LogP contribution in [0.15, 0.2) is 72.1 Å². The molecule has 5 N–H and O–H groups in total. The highest BCUT2D eigenvalue weighted by Gasteiger charge is 2.30. The number of Topliss-reactive ketones (excluding diaryl/α,β-unsaturated/α-hetero) is 1. The molecule has 4 aromatic rings. The highest BCUT2D eigenvalue weighted by atomic mass is 19.1. The minimum absolute atomic E-state index is 0.0167. The summed E-state index contributed by atoms with van der Waals surface area (Å²) in [6.07, 6.45) is 2.15. The first-order chi connectivity index (χ1) is 23.1. The highest BCUT2D eigenvalue weighted by molar-refractivity contribution is 6.21. The van der Waals surface area contributed by atoms with Crippen LogP contribution in [0.2, 0.25) is 0 Å². The van der Waals surface area contributed by atoms with Crippen molar-refractivity contribution in [1.29, 1.82) is 5.41 Å². The second kappa shape index (κ2) is 13.8. The largest absolute Gasteiger partial charge is 0.488 e. The first-order valence-corrected chi connectivity index (χ1v) is 16.0. The van der Waals surface area contributed by atoms with Gasteiger partial charge in [0, 0.05) is 41.9 Å². The molecule has 12 heteroatoms. The molecule has 250 valence electrons. The number of allylic oxidation sites excluding steroid dienone is 1. The zero-order valence-electron chi connectivity index (χ0n) is 27.1. The van der Waals surface area contributed by atoms with Gasteiger partial charge in [-0.15, -0.1) is 0 Å². The Morgan fingerprint density at radius 1 is 1.08 bits per heavy atom. The summed E-state index contributed by atoms with van der Waals surface area (Å²) in [6, 6.07) is 17.0. The van der Waals surface area contributed by atoms with Crippen molar-refractivity contribution in [2.24, 2.45) is 5.73 Å². The molecule has 48 heavy (non-hydrogen) atoms. The molecule has 0 bridgehead atoms. The van der Waals surface area contributed by atoms with Crippen LogP contribution in [0.4, 0.5) is 20.6 Å². The van der Waals surface area contributed by atoms with Gasteiger partial charge in [0.05, 0.1) is 23.5 Å². The van der Waals surface area contributed by atoms with Gasteiger partial charge in [-0.2, -0.15) is 0 Å². The number of nitrogens with one attached hydrogen (secondary N) is 3. The van der Waals surface area contributed by atoms with Crippen LogP contribution in [-0.2, 0) is 4.74 Å². The standard InChI is InChI=1S/C36H39FN6O5/c1-21(2)42-12-10-25(11-13-42)47-33-18-23-17-29(41-28(23)19-30(33)43-14-15-46-36(43)45)34(44)26(20-38)35(39)40-24-8-9-31(22(3)16-24)48-32-7-5-4-6-27(32)37/h4-9,16-21,25,38,40-41H,10-15,39H2,1-3H3/b35-26+,38-20?. The van der Waals surface area contributed by atoms with E-state index in [0.29, 0.717) is 51.9 Å². The average Bonchev–Trinajstić information content (AvgIpc) is 3.69. The van der Waals surface area contributed by atoms with Gasteiger partial charge in [0.25, 0.3) is 0 Å². The zero-order valence-corrected chi connectivity index (χ0v) is 27.1. The van der Waals surface area contributed by atoms with Gasteiger partial charge < -0.3 is 40.6 Å². The summed E-state index contributed by atoms with van der Waals surface area (Å²) in [5, 5.41) is 11.7. The van der Waals surface area contributed by atoms with Crippen molar-refractivity contribution in [1.82, 2.24) is 9.88 Å². The maximum Gasteiger partial charge on any atom is 0.414 e. The number of carbonyl (C=O) groups excluding carboxylic acids is 2. The third kappa shape index (κ3) is 6.84. The van der Waals surface area contributed by atoms with Crippen LogP contribution in [0.5, 0.6) is 17.2 Å². The van der Waals surface area contributed by atoms with Gasteiger partial charge in [0.1, 0.15) is 30.0 Å². The number of hydrogen-bond donors (Lipinski definition) is 4. The quantitative estimate of drug-likeness (QED) is 0.0791. The number of para-hydroxylation sites is 1. The smallest absolute Gasteiger partial charge is 0.414 e. The SMILES string of the molecule is Cc1cc(N/C(N)=C(\C=N)C(=O)c2cc3cc(OC4CCN(C(C)C)CC4)c(N4CCOC4=O)cc3[nH]2)ccc1Oc1ccccc1F. The van der Waals surface area contributed by atoms with E-state index in [1.165, 1.54) is 6.07 Å². The number of ether oxygens (including phenoxy) is 3. The highest BCUT2D eigenvalue weighted by Crippen LogP contribution is 2.37. The normalized spacial score (nSPS) is 16.2. The molecule has 0 atom stereocenters. The fraction of sp³-hybridized carbons (Fsp3) is 0.306. The Kier molecular flexibility index (Phi) is 9.35. The van der Waals surface area contributed by atoms with E-state index < -0.39 is 17.7 Å². The maximum atomic E-state index is 14.1. The number of ketones is 1. The van der Waals surface area contributed by atoms with E-state index in [-0.39, 0.29) is 35.5 Å². The molecule has 0 spiro atoms. The molecule has 2 fully saturated rings. The molecule has 0 saturated carbocycles. The van der Waals surface area contributed by atoms with Gasteiger partial charge >= 0.3 is 6.09 Å².